The molecule has 2 atom stereocenters. The molecule has 0 amide bonds. The van der Waals surface area contributed by atoms with Gasteiger partial charge in [-0.25, -0.2) is 14.1 Å². The third-order valence-electron chi connectivity index (χ3n) is 6.89. The second-order valence-corrected chi connectivity index (χ2v) is 11.3. The molecule has 194 valence electrons. The third-order valence-corrected chi connectivity index (χ3v) is 8.35. The molecule has 1 aliphatic heterocycles. The second kappa shape index (κ2) is 17.8. The van der Waals surface area contributed by atoms with E-state index in [0.29, 0.717) is 4.48 Å². The average Bonchev–Trinajstić information content (AvgIpc) is 3.20. The predicted octanol–water partition coefficient (Wildman–Crippen LogP) is 8.04. The Kier molecular flexibility index (Phi) is 16.5. The standard InChI is InChI=1S/C26H52N2O4P/c1-6-7-8-9-10-11-12-13-14-15-16-17-18-19-20-21-22-26-27-23-24-28(26,3)25(2)32-33(29,30-4)31-5/h13-14,25H,6-12,15-24H2,1-5H3/q+1/b14-13-. The first-order valence-electron chi connectivity index (χ1n) is 13.4. The Balaban J connectivity index is 2.10. The quantitative estimate of drug-likeness (QED) is 0.0711. The summed E-state index contributed by atoms with van der Waals surface area (Å²) in [6.45, 7) is 5.84. The molecule has 0 aromatic rings. The molecular formula is C26H52N2O4P+. The van der Waals surface area contributed by atoms with Gasteiger partial charge in [0, 0.05) is 27.6 Å². The highest BCUT2D eigenvalue weighted by Crippen LogP contribution is 2.50. The van der Waals surface area contributed by atoms with Crippen molar-refractivity contribution >= 4 is 13.7 Å². The maximum absolute atomic E-state index is 12.4. The van der Waals surface area contributed by atoms with Gasteiger partial charge in [-0.2, -0.15) is 0 Å². The number of hydrogen-bond acceptors (Lipinski definition) is 5. The highest BCUT2D eigenvalue weighted by Gasteiger charge is 2.43. The van der Waals surface area contributed by atoms with Gasteiger partial charge in [-0.05, 0) is 32.1 Å². The number of quaternary nitrogens is 1. The molecule has 1 aliphatic rings. The molecule has 0 saturated carbocycles. The van der Waals surface area contributed by atoms with E-state index in [2.05, 4.69) is 26.1 Å². The van der Waals surface area contributed by atoms with Crippen LogP contribution in [0.25, 0.3) is 0 Å². The van der Waals surface area contributed by atoms with Gasteiger partial charge in [0.05, 0.1) is 13.6 Å². The molecule has 0 aromatic heterocycles. The van der Waals surface area contributed by atoms with E-state index in [4.69, 9.17) is 18.6 Å². The number of phosphoric acid groups is 1. The van der Waals surface area contributed by atoms with E-state index in [-0.39, 0.29) is 6.23 Å². The second-order valence-electron chi connectivity index (χ2n) is 9.49. The summed E-state index contributed by atoms with van der Waals surface area (Å²) in [5.41, 5.74) is 0. The Morgan fingerprint density at radius 2 is 1.42 bits per heavy atom. The molecule has 0 N–H and O–H groups in total. The van der Waals surface area contributed by atoms with E-state index in [1.54, 1.807) is 0 Å². The third kappa shape index (κ3) is 12.1. The summed E-state index contributed by atoms with van der Waals surface area (Å²) in [4.78, 5) is 4.73. The van der Waals surface area contributed by atoms with Crippen LogP contribution in [0, 0.1) is 0 Å². The van der Waals surface area contributed by atoms with Crippen LogP contribution in [0.2, 0.25) is 0 Å². The van der Waals surface area contributed by atoms with Gasteiger partial charge in [0.2, 0.25) is 6.23 Å². The Bertz CT molecular complexity index is 603. The van der Waals surface area contributed by atoms with Crippen LogP contribution in [-0.4, -0.2) is 50.9 Å². The molecule has 0 fully saturated rings. The van der Waals surface area contributed by atoms with Crippen LogP contribution in [0.1, 0.15) is 110 Å². The van der Waals surface area contributed by atoms with Gasteiger partial charge in [-0.3, -0.25) is 13.5 Å². The Morgan fingerprint density at radius 3 is 1.97 bits per heavy atom. The molecule has 0 saturated heterocycles. The zero-order chi connectivity index (χ0) is 24.4. The van der Waals surface area contributed by atoms with Crippen molar-refractivity contribution in [2.24, 2.45) is 4.99 Å². The summed E-state index contributed by atoms with van der Waals surface area (Å²) in [6, 6.07) is 0. The largest absolute Gasteiger partial charge is 0.478 e. The summed E-state index contributed by atoms with van der Waals surface area (Å²) in [6.07, 6.45) is 23.8. The fourth-order valence-corrected chi connectivity index (χ4v) is 5.29. The molecule has 33 heavy (non-hydrogen) atoms. The van der Waals surface area contributed by atoms with Crippen LogP contribution in [0.15, 0.2) is 17.1 Å². The lowest BCUT2D eigenvalue weighted by atomic mass is 10.1. The van der Waals surface area contributed by atoms with Crippen molar-refractivity contribution in [1.29, 1.82) is 0 Å². The first kappa shape index (κ1) is 30.5. The average molecular weight is 488 g/mol. The molecule has 0 spiro atoms. The fraction of sp³-hybridized carbons (Fsp3) is 0.885. The fourth-order valence-electron chi connectivity index (χ4n) is 4.39. The maximum atomic E-state index is 12.4. The monoisotopic (exact) mass is 487 g/mol. The lowest BCUT2D eigenvalue weighted by Crippen LogP contribution is -2.54. The molecule has 1 rings (SSSR count). The van der Waals surface area contributed by atoms with Crippen LogP contribution in [0.5, 0.6) is 0 Å². The van der Waals surface area contributed by atoms with Crippen LogP contribution >= 0.6 is 7.82 Å². The SMILES string of the molecule is CCCCCCCC/C=C\CCCCCCCCC1=NCC[N+]1(C)C(C)OP(=O)(OC)OC. The number of likely N-dealkylation sites (N-methyl/N-ethyl adjacent to an activating group) is 1. The molecule has 6 nitrogen and oxygen atoms in total. The number of phosphoric ester groups is 1. The number of unbranched alkanes of at least 4 members (excludes halogenated alkanes) is 12. The van der Waals surface area contributed by atoms with Crippen molar-refractivity contribution in [3.05, 3.63) is 12.2 Å². The normalized spacial score (nSPS) is 20.0. The van der Waals surface area contributed by atoms with E-state index < -0.39 is 7.82 Å². The Hall–Kier alpha value is -0.520. The van der Waals surface area contributed by atoms with Crippen LogP contribution in [0.3, 0.4) is 0 Å². The summed E-state index contributed by atoms with van der Waals surface area (Å²) >= 11 is 0. The van der Waals surface area contributed by atoms with Crippen molar-refractivity contribution in [2.75, 3.05) is 34.4 Å². The van der Waals surface area contributed by atoms with Crippen molar-refractivity contribution in [3.8, 4) is 0 Å². The summed E-state index contributed by atoms with van der Waals surface area (Å²) in [5.74, 6) is 1.14. The molecule has 0 radical (unpaired) electrons. The number of aliphatic imine (C=N–C) groups is 1. The minimum atomic E-state index is -3.50. The van der Waals surface area contributed by atoms with Gasteiger partial charge in [0.1, 0.15) is 6.54 Å². The van der Waals surface area contributed by atoms with Gasteiger partial charge in [-0.15, -0.1) is 0 Å². The zero-order valence-electron chi connectivity index (χ0n) is 22.2. The van der Waals surface area contributed by atoms with E-state index in [1.165, 1.54) is 97.7 Å². The molecule has 1 heterocycles. The van der Waals surface area contributed by atoms with E-state index in [0.717, 1.165) is 31.8 Å². The lowest BCUT2D eigenvalue weighted by Gasteiger charge is -2.36. The van der Waals surface area contributed by atoms with Gasteiger partial charge in [0.15, 0.2) is 5.84 Å². The first-order valence-corrected chi connectivity index (χ1v) is 14.8. The van der Waals surface area contributed by atoms with Crippen LogP contribution in [-0.2, 0) is 18.1 Å². The maximum Gasteiger partial charge on any atom is 0.478 e. The minimum Gasteiger partial charge on any atom is -0.290 e. The molecule has 0 aromatic carbocycles. The van der Waals surface area contributed by atoms with E-state index >= 15 is 0 Å². The number of amidine groups is 1. The predicted molar refractivity (Wildman–Crippen MR) is 140 cm³/mol. The summed E-state index contributed by atoms with van der Waals surface area (Å²) in [5, 5.41) is 0. The van der Waals surface area contributed by atoms with E-state index in [1.807, 2.05) is 6.92 Å². The van der Waals surface area contributed by atoms with Crippen LogP contribution < -0.4 is 0 Å². The molecule has 7 heteroatoms. The highest BCUT2D eigenvalue weighted by molar-refractivity contribution is 7.48. The molecule has 0 aliphatic carbocycles. The molecular weight excluding hydrogens is 435 g/mol. The summed E-state index contributed by atoms with van der Waals surface area (Å²) < 4.78 is 28.5. The van der Waals surface area contributed by atoms with Gasteiger partial charge in [-0.1, -0.05) is 76.9 Å². The molecule has 2 unspecified atom stereocenters. The van der Waals surface area contributed by atoms with E-state index in [9.17, 15) is 4.57 Å². The number of hydrogen-bond donors (Lipinski definition) is 0. The number of rotatable bonds is 21. The smallest absolute Gasteiger partial charge is 0.290 e. The minimum absolute atomic E-state index is 0.328. The van der Waals surface area contributed by atoms with Gasteiger partial charge >= 0.3 is 7.82 Å². The van der Waals surface area contributed by atoms with Crippen molar-refractivity contribution in [3.63, 3.8) is 0 Å². The zero-order valence-corrected chi connectivity index (χ0v) is 23.1. The highest BCUT2D eigenvalue weighted by atomic mass is 31.2. The Morgan fingerprint density at radius 1 is 0.909 bits per heavy atom. The van der Waals surface area contributed by atoms with Gasteiger partial charge < -0.3 is 0 Å². The molecule has 0 bridgehead atoms. The number of nitrogens with zero attached hydrogens (tertiary/aromatic N) is 2. The van der Waals surface area contributed by atoms with Crippen molar-refractivity contribution in [1.82, 2.24) is 0 Å². The van der Waals surface area contributed by atoms with Crippen LogP contribution in [0.4, 0.5) is 0 Å². The Labute approximate surface area is 204 Å². The van der Waals surface area contributed by atoms with Crippen molar-refractivity contribution in [2.45, 2.75) is 116 Å². The number of allylic oxidation sites excluding steroid dienone is 2. The first-order chi connectivity index (χ1) is 15.9. The summed E-state index contributed by atoms with van der Waals surface area (Å²) in [7, 11) is 1.30. The lowest BCUT2D eigenvalue weighted by molar-refractivity contribution is -0.861. The van der Waals surface area contributed by atoms with Gasteiger partial charge in [0.25, 0.3) is 0 Å². The van der Waals surface area contributed by atoms with Crippen molar-refractivity contribution < 1.29 is 22.6 Å². The topological polar surface area (TPSA) is 57.1 Å².